The summed E-state index contributed by atoms with van der Waals surface area (Å²) in [5, 5.41) is 2.64. The first-order chi connectivity index (χ1) is 13.1. The van der Waals surface area contributed by atoms with Gasteiger partial charge in [0, 0.05) is 38.3 Å². The number of piperazine rings is 1. The smallest absolute Gasteiger partial charge is 0.251 e. The van der Waals surface area contributed by atoms with Crippen molar-refractivity contribution in [1.82, 2.24) is 15.1 Å². The Kier molecular flexibility index (Phi) is 6.28. The van der Waals surface area contributed by atoms with Crippen molar-refractivity contribution in [1.29, 1.82) is 0 Å². The van der Waals surface area contributed by atoms with E-state index in [0.717, 1.165) is 12.8 Å². The molecule has 2 fully saturated rings. The second-order valence-electron chi connectivity index (χ2n) is 6.62. The molecule has 2 aliphatic heterocycles. The topological polar surface area (TPSA) is 88.2 Å². The summed E-state index contributed by atoms with van der Waals surface area (Å²) >= 11 is 0. The largest absolute Gasteiger partial charge is 0.497 e. The first kappa shape index (κ1) is 19.2. The maximum atomic E-state index is 12.3. The average molecular weight is 375 g/mol. The highest BCUT2D eigenvalue weighted by Gasteiger charge is 2.31. The molecule has 3 amide bonds. The maximum absolute atomic E-state index is 12.3. The molecule has 27 heavy (non-hydrogen) atoms. The van der Waals surface area contributed by atoms with Crippen LogP contribution in [0.4, 0.5) is 0 Å². The fourth-order valence-electron chi connectivity index (χ4n) is 3.26. The van der Waals surface area contributed by atoms with Crippen molar-refractivity contribution in [3.63, 3.8) is 0 Å². The van der Waals surface area contributed by atoms with Gasteiger partial charge in [-0.05, 0) is 37.1 Å². The lowest BCUT2D eigenvalue weighted by atomic mass is 10.2. The number of carbonyl (C=O) groups excluding carboxylic acids is 3. The fraction of sp³-hybridized carbons (Fsp3) is 0.526. The Labute approximate surface area is 158 Å². The van der Waals surface area contributed by atoms with Crippen LogP contribution in [-0.2, 0) is 14.3 Å². The molecule has 0 unspecified atom stereocenters. The molecule has 1 aromatic carbocycles. The summed E-state index contributed by atoms with van der Waals surface area (Å²) in [5.41, 5.74) is 0.468. The Morgan fingerprint density at radius 2 is 1.78 bits per heavy atom. The molecule has 1 N–H and O–H groups in total. The minimum Gasteiger partial charge on any atom is -0.497 e. The van der Waals surface area contributed by atoms with Gasteiger partial charge in [-0.2, -0.15) is 0 Å². The first-order valence-corrected chi connectivity index (χ1v) is 9.19. The number of nitrogens with zero attached hydrogens (tertiary/aromatic N) is 2. The summed E-state index contributed by atoms with van der Waals surface area (Å²) in [6, 6.07) is 6.68. The monoisotopic (exact) mass is 375 g/mol. The lowest BCUT2D eigenvalue weighted by Crippen LogP contribution is -2.54. The van der Waals surface area contributed by atoms with Crippen LogP contribution in [0, 0.1) is 0 Å². The van der Waals surface area contributed by atoms with E-state index in [9.17, 15) is 14.4 Å². The highest BCUT2D eigenvalue weighted by atomic mass is 16.5. The quantitative estimate of drug-likeness (QED) is 0.798. The molecule has 0 aliphatic carbocycles. The molecule has 0 spiro atoms. The number of nitrogens with one attached hydrogen (secondary N) is 1. The van der Waals surface area contributed by atoms with Gasteiger partial charge in [0.05, 0.1) is 13.7 Å². The molecule has 0 saturated carbocycles. The zero-order valence-corrected chi connectivity index (χ0v) is 15.5. The first-order valence-electron chi connectivity index (χ1n) is 9.19. The molecule has 2 saturated heterocycles. The zero-order valence-electron chi connectivity index (χ0n) is 15.5. The minimum absolute atomic E-state index is 0.0207. The van der Waals surface area contributed by atoms with E-state index in [2.05, 4.69) is 5.32 Å². The molecule has 8 heteroatoms. The molecule has 3 rings (SSSR count). The van der Waals surface area contributed by atoms with Crippen LogP contribution in [0.5, 0.6) is 5.75 Å². The van der Waals surface area contributed by atoms with Gasteiger partial charge in [-0.15, -0.1) is 0 Å². The fourth-order valence-corrected chi connectivity index (χ4v) is 3.26. The summed E-state index contributed by atoms with van der Waals surface area (Å²) in [6.07, 6.45) is 1.37. The summed E-state index contributed by atoms with van der Waals surface area (Å²) in [5.74, 6) is 0.227. The van der Waals surface area contributed by atoms with Gasteiger partial charge in [-0.25, -0.2) is 0 Å². The maximum Gasteiger partial charge on any atom is 0.251 e. The van der Waals surface area contributed by atoms with Gasteiger partial charge in [0.1, 0.15) is 11.9 Å². The van der Waals surface area contributed by atoms with Crippen molar-refractivity contribution in [2.24, 2.45) is 0 Å². The Morgan fingerprint density at radius 3 is 2.37 bits per heavy atom. The van der Waals surface area contributed by atoms with Gasteiger partial charge in [0.25, 0.3) is 11.8 Å². The van der Waals surface area contributed by atoms with Crippen LogP contribution in [0.3, 0.4) is 0 Å². The van der Waals surface area contributed by atoms with E-state index in [0.29, 0.717) is 44.1 Å². The lowest BCUT2D eigenvalue weighted by molar-refractivity contribution is -0.145. The van der Waals surface area contributed by atoms with E-state index in [1.807, 2.05) is 0 Å². The van der Waals surface area contributed by atoms with Crippen LogP contribution in [0.25, 0.3) is 0 Å². The summed E-state index contributed by atoms with van der Waals surface area (Å²) in [6.45, 7) is 2.51. The van der Waals surface area contributed by atoms with Crippen LogP contribution in [-0.4, -0.2) is 80.1 Å². The van der Waals surface area contributed by atoms with Crippen LogP contribution < -0.4 is 10.1 Å². The zero-order chi connectivity index (χ0) is 19.2. The molecular formula is C19H25N3O5. The molecule has 1 aromatic rings. The van der Waals surface area contributed by atoms with Gasteiger partial charge in [0.15, 0.2) is 0 Å². The second-order valence-corrected chi connectivity index (χ2v) is 6.62. The predicted octanol–water partition coefficient (Wildman–Crippen LogP) is 0.275. The molecule has 146 valence electrons. The molecule has 1 atom stereocenters. The Bertz CT molecular complexity index is 677. The van der Waals surface area contributed by atoms with E-state index < -0.39 is 0 Å². The SMILES string of the molecule is COc1ccc(C(=O)NCC(=O)N2CCN(C(=O)[C@H]3CCCO3)CC2)cc1. The van der Waals surface area contributed by atoms with Gasteiger partial charge in [-0.3, -0.25) is 14.4 Å². The minimum atomic E-state index is -0.323. The number of methoxy groups -OCH3 is 1. The Balaban J connectivity index is 1.42. The standard InChI is InChI=1S/C19H25N3O5/c1-26-15-6-4-14(5-7-15)18(24)20-13-17(23)21-8-10-22(11-9-21)19(25)16-3-2-12-27-16/h4-7,16H,2-3,8-13H2,1H3,(H,20,24)/t16-/m1/s1. The Morgan fingerprint density at radius 1 is 1.11 bits per heavy atom. The van der Waals surface area contributed by atoms with Crippen molar-refractivity contribution in [2.45, 2.75) is 18.9 Å². The third-order valence-electron chi connectivity index (χ3n) is 4.90. The highest BCUT2D eigenvalue weighted by molar-refractivity contribution is 5.96. The van der Waals surface area contributed by atoms with Crippen molar-refractivity contribution < 1.29 is 23.9 Å². The number of benzene rings is 1. The van der Waals surface area contributed by atoms with Crippen LogP contribution in [0.15, 0.2) is 24.3 Å². The average Bonchev–Trinajstić information content (AvgIpc) is 3.26. The van der Waals surface area contributed by atoms with Gasteiger partial charge in [-0.1, -0.05) is 0 Å². The molecule has 8 nitrogen and oxygen atoms in total. The molecule has 0 aromatic heterocycles. The molecule has 2 heterocycles. The van der Waals surface area contributed by atoms with Crippen molar-refractivity contribution >= 4 is 17.7 Å². The normalized spacial score (nSPS) is 19.7. The third-order valence-corrected chi connectivity index (χ3v) is 4.90. The second kappa shape index (κ2) is 8.85. The molecule has 0 bridgehead atoms. The van der Waals surface area contributed by atoms with E-state index in [1.165, 1.54) is 0 Å². The summed E-state index contributed by atoms with van der Waals surface area (Å²) < 4.78 is 10.5. The van der Waals surface area contributed by atoms with Crippen LogP contribution in [0.2, 0.25) is 0 Å². The molecular weight excluding hydrogens is 350 g/mol. The van der Waals surface area contributed by atoms with E-state index in [-0.39, 0.29) is 30.4 Å². The lowest BCUT2D eigenvalue weighted by Gasteiger charge is -2.35. The summed E-state index contributed by atoms with van der Waals surface area (Å²) in [4.78, 5) is 40.2. The molecule has 2 aliphatic rings. The predicted molar refractivity (Wildman–Crippen MR) is 97.5 cm³/mol. The highest BCUT2D eigenvalue weighted by Crippen LogP contribution is 2.16. The van der Waals surface area contributed by atoms with Gasteiger partial charge < -0.3 is 24.6 Å². The summed E-state index contributed by atoms with van der Waals surface area (Å²) in [7, 11) is 1.56. The third kappa shape index (κ3) is 4.77. The van der Waals surface area contributed by atoms with Gasteiger partial charge in [0.2, 0.25) is 5.91 Å². The van der Waals surface area contributed by atoms with Gasteiger partial charge >= 0.3 is 0 Å². The Hall–Kier alpha value is -2.61. The van der Waals surface area contributed by atoms with Crippen molar-refractivity contribution in [3.05, 3.63) is 29.8 Å². The number of hydrogen-bond acceptors (Lipinski definition) is 5. The van der Waals surface area contributed by atoms with Crippen LogP contribution in [0.1, 0.15) is 23.2 Å². The number of hydrogen-bond donors (Lipinski definition) is 1. The number of rotatable bonds is 5. The number of amides is 3. The van der Waals surface area contributed by atoms with Crippen molar-refractivity contribution in [2.75, 3.05) is 46.4 Å². The van der Waals surface area contributed by atoms with Crippen molar-refractivity contribution in [3.8, 4) is 5.75 Å². The van der Waals surface area contributed by atoms with Crippen LogP contribution >= 0.6 is 0 Å². The molecule has 0 radical (unpaired) electrons. The van der Waals surface area contributed by atoms with E-state index >= 15 is 0 Å². The van der Waals surface area contributed by atoms with E-state index in [1.54, 1.807) is 41.2 Å². The number of carbonyl (C=O) groups is 3. The number of ether oxygens (including phenoxy) is 2. The van der Waals surface area contributed by atoms with E-state index in [4.69, 9.17) is 9.47 Å².